The lowest BCUT2D eigenvalue weighted by Crippen LogP contribution is -2.70. The summed E-state index contributed by atoms with van der Waals surface area (Å²) in [6, 6.07) is 12.3. The molecule has 1 saturated heterocycles. The lowest BCUT2D eigenvalue weighted by molar-refractivity contribution is -0.515. The first-order chi connectivity index (χ1) is 15.7. The minimum Gasteiger partial charge on any atom is -0.631 e. The molecule has 2 N–H and O–H groups in total. The van der Waals surface area contributed by atoms with E-state index >= 15 is 0 Å². The summed E-state index contributed by atoms with van der Waals surface area (Å²) in [4.78, 5) is 4.64. The molecule has 0 bridgehead atoms. The summed E-state index contributed by atoms with van der Waals surface area (Å²) in [6.45, 7) is 9.09. The van der Waals surface area contributed by atoms with E-state index in [1.807, 2.05) is 18.2 Å². The minimum atomic E-state index is -0.282. The summed E-state index contributed by atoms with van der Waals surface area (Å²) in [5.41, 5.74) is 4.47. The van der Waals surface area contributed by atoms with E-state index in [0.29, 0.717) is 19.8 Å². The number of hydrogen-bond acceptors (Lipinski definition) is 5. The van der Waals surface area contributed by atoms with Crippen LogP contribution in [0.5, 0.6) is 11.5 Å². The number of anilines is 1. The number of allylic oxidation sites excluding steroid dienone is 2. The van der Waals surface area contributed by atoms with Crippen molar-refractivity contribution < 1.29 is 19.3 Å². The van der Waals surface area contributed by atoms with Crippen molar-refractivity contribution in [1.82, 2.24) is 4.90 Å². The topological polar surface area (TPSA) is 64.6 Å². The molecule has 2 heterocycles. The number of quaternary nitrogens is 1. The molecule has 2 aliphatic heterocycles. The van der Waals surface area contributed by atoms with Crippen LogP contribution in [0.1, 0.15) is 5.56 Å². The van der Waals surface area contributed by atoms with E-state index in [9.17, 15) is 9.60 Å². The van der Waals surface area contributed by atoms with Crippen molar-refractivity contribution in [2.45, 2.75) is 0 Å². The van der Waals surface area contributed by atoms with Gasteiger partial charge in [-0.05, 0) is 41.5 Å². The molecule has 0 amide bonds. The molecule has 7 heteroatoms. The Balaban J connectivity index is 1.42. The van der Waals surface area contributed by atoms with Crippen molar-refractivity contribution in [1.29, 1.82) is 0 Å². The van der Waals surface area contributed by atoms with Crippen LogP contribution in [0.25, 0.3) is 5.57 Å². The lowest BCUT2D eigenvalue weighted by atomic mass is 10.0. The van der Waals surface area contributed by atoms with Gasteiger partial charge in [-0.2, -0.15) is 0 Å². The molecule has 0 spiro atoms. The Labute approximate surface area is 187 Å². The van der Waals surface area contributed by atoms with Gasteiger partial charge in [0, 0.05) is 38.3 Å². The van der Waals surface area contributed by atoms with Crippen molar-refractivity contribution in [2.75, 3.05) is 50.8 Å². The van der Waals surface area contributed by atoms with Crippen LogP contribution in [0.2, 0.25) is 0 Å². The van der Waals surface area contributed by atoms with Gasteiger partial charge in [-0.15, -0.1) is 0 Å². The van der Waals surface area contributed by atoms with E-state index in [-0.39, 0.29) is 5.82 Å². The summed E-state index contributed by atoms with van der Waals surface area (Å²) in [5.74, 6) is 1.34. The highest BCUT2D eigenvalue weighted by Gasteiger charge is 2.23. The third-order valence-corrected chi connectivity index (χ3v) is 5.69. The maximum absolute atomic E-state index is 13.3. The van der Waals surface area contributed by atoms with Crippen molar-refractivity contribution >= 4 is 11.3 Å². The fraction of sp³-hybridized carbons (Fsp3) is 0.280. The van der Waals surface area contributed by atoms with E-state index in [2.05, 4.69) is 22.4 Å². The van der Waals surface area contributed by atoms with Crippen LogP contribution in [0.15, 0.2) is 73.0 Å². The van der Waals surface area contributed by atoms with Gasteiger partial charge in [0.05, 0.1) is 11.9 Å². The smallest absolute Gasteiger partial charge is 0.184 e. The average molecular weight is 438 g/mol. The van der Waals surface area contributed by atoms with Gasteiger partial charge in [-0.1, -0.05) is 30.9 Å². The van der Waals surface area contributed by atoms with E-state index in [1.54, 1.807) is 24.4 Å². The van der Waals surface area contributed by atoms with Crippen LogP contribution in [0, 0.1) is 11.0 Å². The summed E-state index contributed by atoms with van der Waals surface area (Å²) in [7, 11) is 0. The number of hydrogen-bond donors (Lipinski definition) is 1. The summed E-state index contributed by atoms with van der Waals surface area (Å²) in [6.07, 6.45) is 5.25. The number of ether oxygens (including phenoxy) is 2. The molecular weight excluding hydrogens is 409 g/mol. The number of nitrogens with zero attached hydrogens (tertiary/aromatic N) is 2. The van der Waals surface area contributed by atoms with Gasteiger partial charge in [0.15, 0.2) is 11.5 Å². The molecule has 0 saturated carbocycles. The van der Waals surface area contributed by atoms with Crippen LogP contribution in [-0.2, 0) is 0 Å². The number of piperazine rings is 1. The first-order valence-corrected chi connectivity index (χ1v) is 10.8. The Kier molecular flexibility index (Phi) is 7.21. The monoisotopic (exact) mass is 437 g/mol. The molecule has 2 aromatic rings. The maximum Gasteiger partial charge on any atom is 0.184 e. The summed E-state index contributed by atoms with van der Waals surface area (Å²) in [5, 5.41) is 11.2. The van der Waals surface area contributed by atoms with Gasteiger partial charge < -0.3 is 25.1 Å². The molecular formula is C25H28FN3O3. The number of nitrogens with two attached hydrogens (primary N) is 1. The summed E-state index contributed by atoms with van der Waals surface area (Å²) >= 11 is 0. The fourth-order valence-corrected chi connectivity index (χ4v) is 4.05. The maximum atomic E-state index is 13.3. The second-order valence-corrected chi connectivity index (χ2v) is 7.75. The lowest BCUT2D eigenvalue weighted by Gasteiger charge is -2.37. The molecule has 32 heavy (non-hydrogen) atoms. The predicted molar refractivity (Wildman–Crippen MR) is 124 cm³/mol. The van der Waals surface area contributed by atoms with Gasteiger partial charge in [-0.3, -0.25) is 4.90 Å². The largest absolute Gasteiger partial charge is 0.631 e. The summed E-state index contributed by atoms with van der Waals surface area (Å²) < 4.78 is 24.8. The Morgan fingerprint density at radius 2 is 1.81 bits per heavy atom. The highest BCUT2D eigenvalue weighted by Crippen LogP contribution is 2.39. The number of fused-ring (bicyclic) bond motifs is 1. The normalized spacial score (nSPS) is 17.4. The molecule has 2 aromatic carbocycles. The zero-order chi connectivity index (χ0) is 22.3. The fourth-order valence-electron chi connectivity index (χ4n) is 4.05. The Bertz CT molecular complexity index is 996. The Morgan fingerprint density at radius 3 is 2.53 bits per heavy atom. The number of halogens is 1. The first kappa shape index (κ1) is 22.1. The molecule has 168 valence electrons. The highest BCUT2D eigenvalue weighted by atomic mass is 19.1. The van der Waals surface area contributed by atoms with Crippen molar-refractivity contribution in [3.8, 4) is 11.5 Å². The first-order valence-electron chi connectivity index (χ1n) is 10.8. The van der Waals surface area contributed by atoms with Crippen molar-refractivity contribution in [2.24, 2.45) is 0 Å². The number of benzene rings is 2. The van der Waals surface area contributed by atoms with Gasteiger partial charge in [0.25, 0.3) is 0 Å². The van der Waals surface area contributed by atoms with E-state index in [0.717, 1.165) is 65.6 Å². The van der Waals surface area contributed by atoms with Crippen molar-refractivity contribution in [3.63, 3.8) is 0 Å². The van der Waals surface area contributed by atoms with Crippen LogP contribution in [-0.4, -0.2) is 50.8 Å². The minimum absolute atomic E-state index is 0.282. The standard InChI is InChI=1S/C25H28FN3O3/c1-2-20(21-6-8-22(26)9-7-21)16-19(17-27-30)18-28-10-12-29(13-11-28)23-4-3-5-24-25(23)32-15-14-31-24/h2-9,16-17H,1,10-15,18,27H2/b19-17+,20-16+. The van der Waals surface area contributed by atoms with Gasteiger partial charge in [0.2, 0.25) is 0 Å². The van der Waals surface area contributed by atoms with E-state index in [1.165, 1.54) is 12.1 Å². The van der Waals surface area contributed by atoms with E-state index in [4.69, 9.17) is 9.47 Å². The third kappa shape index (κ3) is 5.19. The Morgan fingerprint density at radius 1 is 1.06 bits per heavy atom. The third-order valence-electron chi connectivity index (χ3n) is 5.69. The van der Waals surface area contributed by atoms with E-state index < -0.39 is 0 Å². The molecule has 0 radical (unpaired) electrons. The molecule has 2 aliphatic rings. The molecule has 1 fully saturated rings. The zero-order valence-corrected chi connectivity index (χ0v) is 18.0. The second-order valence-electron chi connectivity index (χ2n) is 7.75. The van der Waals surface area contributed by atoms with Crippen LogP contribution in [0.4, 0.5) is 10.1 Å². The van der Waals surface area contributed by atoms with Gasteiger partial charge >= 0.3 is 0 Å². The number of hydroxylamine groups is 1. The van der Waals surface area contributed by atoms with Crippen LogP contribution >= 0.6 is 0 Å². The molecule has 0 aliphatic carbocycles. The molecule has 0 aromatic heterocycles. The van der Waals surface area contributed by atoms with Crippen molar-refractivity contribution in [3.05, 3.63) is 89.6 Å². The molecule has 0 atom stereocenters. The van der Waals surface area contributed by atoms with Crippen LogP contribution < -0.4 is 19.9 Å². The second kappa shape index (κ2) is 10.5. The van der Waals surface area contributed by atoms with Crippen LogP contribution in [0.3, 0.4) is 0 Å². The quantitative estimate of drug-likeness (QED) is 0.533. The number of rotatable bonds is 7. The molecule has 4 rings (SSSR count). The Hall–Kier alpha value is -3.13. The van der Waals surface area contributed by atoms with Gasteiger partial charge in [-0.25, -0.2) is 4.39 Å². The highest BCUT2D eigenvalue weighted by molar-refractivity contribution is 5.75. The zero-order valence-electron chi connectivity index (χ0n) is 18.0. The average Bonchev–Trinajstić information content (AvgIpc) is 2.83. The predicted octanol–water partition coefficient (Wildman–Crippen LogP) is 2.93. The molecule has 0 unspecified atom stereocenters. The SMILES string of the molecule is C=C/C(=C\C(=C/[NH2+][O-])CN1CCN(c2cccc3c2OCCO3)CC1)c1ccc(F)cc1. The number of para-hydroxylation sites is 1. The molecule has 6 nitrogen and oxygen atoms in total. The van der Waals surface area contributed by atoms with Gasteiger partial charge in [0.1, 0.15) is 19.0 Å².